The Labute approximate surface area is 163 Å². The topological polar surface area (TPSA) is 88.4 Å². The van der Waals surface area contributed by atoms with Crippen molar-refractivity contribution < 1.29 is 14.3 Å². The average molecular weight is 377 g/mol. The molecule has 3 aromatic rings. The molecule has 2 heterocycles. The summed E-state index contributed by atoms with van der Waals surface area (Å²) in [5, 5.41) is 1.28. The highest BCUT2D eigenvalue weighted by Crippen LogP contribution is 2.33. The van der Waals surface area contributed by atoms with Gasteiger partial charge < -0.3 is 20.4 Å². The molecular weight excluding hydrogens is 354 g/mol. The van der Waals surface area contributed by atoms with Gasteiger partial charge in [-0.25, -0.2) is 0 Å². The molecule has 1 fully saturated rings. The van der Waals surface area contributed by atoms with Crippen molar-refractivity contribution in [1.29, 1.82) is 0 Å². The number of nitrogens with zero attached hydrogens (tertiary/aromatic N) is 1. The van der Waals surface area contributed by atoms with Crippen LogP contribution < -0.4 is 10.5 Å². The Morgan fingerprint density at radius 3 is 2.50 bits per heavy atom. The molecule has 6 heteroatoms. The molecule has 1 aromatic heterocycles. The van der Waals surface area contributed by atoms with E-state index in [1.165, 1.54) is 10.9 Å². The summed E-state index contributed by atoms with van der Waals surface area (Å²) in [6, 6.07) is 15.2. The van der Waals surface area contributed by atoms with Crippen LogP contribution in [0.5, 0.6) is 5.75 Å². The molecule has 1 aliphatic heterocycles. The first-order valence-electron chi connectivity index (χ1n) is 9.48. The highest BCUT2D eigenvalue weighted by molar-refractivity contribution is 5.94. The zero-order valence-corrected chi connectivity index (χ0v) is 15.6. The fourth-order valence-corrected chi connectivity index (χ4v) is 3.86. The third-order valence-electron chi connectivity index (χ3n) is 5.33. The number of aromatic amines is 1. The van der Waals surface area contributed by atoms with Gasteiger partial charge in [-0.05, 0) is 54.7 Å². The lowest BCUT2D eigenvalue weighted by molar-refractivity contribution is -0.119. The number of ether oxygens (including phenoxy) is 1. The van der Waals surface area contributed by atoms with E-state index in [0.29, 0.717) is 17.2 Å². The van der Waals surface area contributed by atoms with Crippen molar-refractivity contribution in [1.82, 2.24) is 9.88 Å². The summed E-state index contributed by atoms with van der Waals surface area (Å²) in [5.74, 6) is 0.482. The average Bonchev–Trinajstić information content (AvgIpc) is 3.16. The first-order valence-corrected chi connectivity index (χ1v) is 9.48. The van der Waals surface area contributed by atoms with Crippen molar-refractivity contribution in [3.05, 3.63) is 65.9 Å². The zero-order chi connectivity index (χ0) is 19.5. The highest BCUT2D eigenvalue weighted by Gasteiger charge is 2.26. The summed E-state index contributed by atoms with van der Waals surface area (Å²) in [4.78, 5) is 28.8. The molecule has 4 rings (SSSR count). The number of benzene rings is 2. The predicted octanol–water partition coefficient (Wildman–Crippen LogP) is 3.05. The Morgan fingerprint density at radius 1 is 1.07 bits per heavy atom. The van der Waals surface area contributed by atoms with Crippen molar-refractivity contribution in [2.24, 2.45) is 5.73 Å². The lowest BCUT2D eigenvalue weighted by Gasteiger charge is -2.32. The smallest absolute Gasteiger partial charge is 0.255 e. The minimum absolute atomic E-state index is 0.0267. The fraction of sp³-hybridized carbons (Fsp3) is 0.273. The molecule has 0 atom stereocenters. The first-order chi connectivity index (χ1) is 13.6. The van der Waals surface area contributed by atoms with E-state index in [2.05, 4.69) is 29.4 Å². The van der Waals surface area contributed by atoms with E-state index in [0.717, 1.165) is 31.4 Å². The van der Waals surface area contributed by atoms with Crippen LogP contribution in [0.15, 0.2) is 54.7 Å². The number of piperidine rings is 1. The number of primary amides is 1. The molecule has 144 valence electrons. The molecule has 6 nitrogen and oxygen atoms in total. The fourth-order valence-electron chi connectivity index (χ4n) is 3.86. The SMILES string of the molecule is NC(=O)COc1ccc(C(=O)N2CCC(c3c[nH]c4ccccc34)CC2)cc1. The van der Waals surface area contributed by atoms with Crippen LogP contribution in [0.25, 0.3) is 10.9 Å². The van der Waals surface area contributed by atoms with Gasteiger partial charge in [-0.3, -0.25) is 9.59 Å². The maximum atomic E-state index is 12.8. The number of para-hydroxylation sites is 1. The predicted molar refractivity (Wildman–Crippen MR) is 107 cm³/mol. The summed E-state index contributed by atoms with van der Waals surface area (Å²) in [7, 11) is 0. The van der Waals surface area contributed by atoms with Gasteiger partial charge in [0.05, 0.1) is 0 Å². The maximum Gasteiger partial charge on any atom is 0.255 e. The molecule has 1 saturated heterocycles. The molecule has 0 bridgehead atoms. The lowest BCUT2D eigenvalue weighted by atomic mass is 9.89. The minimum Gasteiger partial charge on any atom is -0.484 e. The van der Waals surface area contributed by atoms with Crippen LogP contribution in [-0.4, -0.2) is 41.4 Å². The summed E-state index contributed by atoms with van der Waals surface area (Å²) in [5.41, 5.74) is 8.20. The summed E-state index contributed by atoms with van der Waals surface area (Å²) in [6.45, 7) is 1.31. The number of rotatable bonds is 5. The standard InChI is InChI=1S/C22H23N3O3/c23-21(26)14-28-17-7-5-16(6-8-17)22(27)25-11-9-15(10-12-25)19-13-24-20-4-2-1-3-18(19)20/h1-8,13,15,24H,9-12,14H2,(H2,23,26). The van der Waals surface area contributed by atoms with Gasteiger partial charge in [0.25, 0.3) is 11.8 Å². The van der Waals surface area contributed by atoms with E-state index < -0.39 is 5.91 Å². The van der Waals surface area contributed by atoms with E-state index in [-0.39, 0.29) is 12.5 Å². The van der Waals surface area contributed by atoms with Gasteiger partial charge in [-0.2, -0.15) is 0 Å². The van der Waals surface area contributed by atoms with E-state index in [4.69, 9.17) is 10.5 Å². The van der Waals surface area contributed by atoms with Gasteiger partial charge >= 0.3 is 0 Å². The summed E-state index contributed by atoms with van der Waals surface area (Å²) < 4.78 is 5.24. The number of hydrogen-bond acceptors (Lipinski definition) is 3. The number of carbonyl (C=O) groups is 2. The Bertz CT molecular complexity index is 986. The van der Waals surface area contributed by atoms with E-state index in [9.17, 15) is 9.59 Å². The third-order valence-corrected chi connectivity index (χ3v) is 5.33. The quantitative estimate of drug-likeness (QED) is 0.716. The molecular formula is C22H23N3O3. The van der Waals surface area contributed by atoms with Gasteiger partial charge in [-0.1, -0.05) is 18.2 Å². The van der Waals surface area contributed by atoms with Gasteiger partial charge in [-0.15, -0.1) is 0 Å². The Balaban J connectivity index is 1.38. The molecule has 0 unspecified atom stereocenters. The first kappa shape index (κ1) is 18.1. The number of likely N-dealkylation sites (tertiary alicyclic amines) is 1. The van der Waals surface area contributed by atoms with Crippen molar-refractivity contribution in [3.63, 3.8) is 0 Å². The summed E-state index contributed by atoms with van der Waals surface area (Å²) in [6.07, 6.45) is 4.01. The van der Waals surface area contributed by atoms with Crippen LogP contribution >= 0.6 is 0 Å². The molecule has 28 heavy (non-hydrogen) atoms. The number of hydrogen-bond donors (Lipinski definition) is 2. The molecule has 2 amide bonds. The summed E-state index contributed by atoms with van der Waals surface area (Å²) >= 11 is 0. The maximum absolute atomic E-state index is 12.8. The third kappa shape index (κ3) is 3.71. The minimum atomic E-state index is -0.529. The van der Waals surface area contributed by atoms with E-state index in [1.54, 1.807) is 24.3 Å². The number of aromatic nitrogens is 1. The number of fused-ring (bicyclic) bond motifs is 1. The van der Waals surface area contributed by atoms with Gasteiger partial charge in [0.1, 0.15) is 5.75 Å². The number of H-pyrrole nitrogens is 1. The molecule has 0 saturated carbocycles. The highest BCUT2D eigenvalue weighted by atomic mass is 16.5. The van der Waals surface area contributed by atoms with Crippen LogP contribution in [0, 0.1) is 0 Å². The van der Waals surface area contributed by atoms with Crippen LogP contribution in [0.1, 0.15) is 34.7 Å². The monoisotopic (exact) mass is 377 g/mol. The van der Waals surface area contributed by atoms with Crippen molar-refractivity contribution in [2.45, 2.75) is 18.8 Å². The Kier molecular flexibility index (Phi) is 5.02. The lowest BCUT2D eigenvalue weighted by Crippen LogP contribution is -2.37. The van der Waals surface area contributed by atoms with Gasteiger partial charge in [0.15, 0.2) is 6.61 Å². The largest absolute Gasteiger partial charge is 0.484 e. The molecule has 3 N–H and O–H groups in total. The number of nitrogens with one attached hydrogen (secondary N) is 1. The van der Waals surface area contributed by atoms with Gasteiger partial charge in [0, 0.05) is 35.8 Å². The van der Waals surface area contributed by atoms with Crippen LogP contribution in [0.4, 0.5) is 0 Å². The zero-order valence-electron chi connectivity index (χ0n) is 15.6. The second-order valence-electron chi connectivity index (χ2n) is 7.14. The second-order valence-corrected chi connectivity index (χ2v) is 7.14. The van der Waals surface area contributed by atoms with E-state index in [1.807, 2.05) is 11.0 Å². The van der Waals surface area contributed by atoms with Crippen LogP contribution in [-0.2, 0) is 4.79 Å². The van der Waals surface area contributed by atoms with Crippen molar-refractivity contribution in [2.75, 3.05) is 19.7 Å². The normalized spacial score (nSPS) is 14.9. The van der Waals surface area contributed by atoms with Crippen LogP contribution in [0.3, 0.4) is 0 Å². The Morgan fingerprint density at radius 2 is 1.79 bits per heavy atom. The molecule has 0 spiro atoms. The number of nitrogens with two attached hydrogens (primary N) is 1. The number of amides is 2. The van der Waals surface area contributed by atoms with Crippen molar-refractivity contribution >= 4 is 22.7 Å². The Hall–Kier alpha value is -3.28. The van der Waals surface area contributed by atoms with Gasteiger partial charge in [0.2, 0.25) is 0 Å². The van der Waals surface area contributed by atoms with Crippen molar-refractivity contribution in [3.8, 4) is 5.75 Å². The molecule has 0 radical (unpaired) electrons. The second kappa shape index (κ2) is 7.76. The van der Waals surface area contributed by atoms with E-state index >= 15 is 0 Å². The molecule has 1 aliphatic rings. The molecule has 0 aliphatic carbocycles. The number of carbonyl (C=O) groups excluding carboxylic acids is 2. The van der Waals surface area contributed by atoms with Crippen LogP contribution in [0.2, 0.25) is 0 Å². The molecule has 2 aromatic carbocycles.